The van der Waals surface area contributed by atoms with E-state index in [0.29, 0.717) is 11.8 Å². The molecule has 66 heavy (non-hydrogen) atoms. The van der Waals surface area contributed by atoms with Gasteiger partial charge in [0, 0.05) is 67.6 Å². The van der Waals surface area contributed by atoms with Gasteiger partial charge in [-0.25, -0.2) is 0 Å². The zero-order valence-electron chi connectivity index (χ0n) is 36.7. The molecule has 0 spiro atoms. The fourth-order valence-corrected chi connectivity index (χ4v) is 10.7. The van der Waals surface area contributed by atoms with Crippen LogP contribution in [-0.2, 0) is 0 Å². The Labute approximate surface area is 383 Å². The van der Waals surface area contributed by atoms with Crippen LogP contribution in [0.25, 0.3) is 111 Å². The van der Waals surface area contributed by atoms with Gasteiger partial charge in [-0.2, -0.15) is 0 Å². The van der Waals surface area contributed by atoms with Crippen LogP contribution in [0, 0.1) is 0 Å². The van der Waals surface area contributed by atoms with E-state index in [-0.39, 0.29) is 0 Å². The number of hydrogen-bond donors (Lipinski definition) is 0. The lowest BCUT2D eigenvalue weighted by Crippen LogP contribution is -2.13. The highest BCUT2D eigenvalue weighted by Crippen LogP contribution is 2.51. The van der Waals surface area contributed by atoms with Gasteiger partial charge in [0.15, 0.2) is 0 Å². The van der Waals surface area contributed by atoms with Gasteiger partial charge in [-0.1, -0.05) is 135 Å². The predicted molar refractivity (Wildman–Crippen MR) is 275 cm³/mol. The number of pyridine rings is 2. The topological polar surface area (TPSA) is 35.6 Å². The van der Waals surface area contributed by atoms with Gasteiger partial charge in [0.1, 0.15) is 0 Å². The molecular weight excluding hydrogens is 801 g/mol. The van der Waals surface area contributed by atoms with Crippen molar-refractivity contribution in [3.8, 4) is 67.3 Å². The summed E-state index contributed by atoms with van der Waals surface area (Å²) in [6.45, 7) is 4.83. The van der Waals surface area contributed by atoms with Gasteiger partial charge in [-0.05, 0) is 130 Å². The van der Waals surface area contributed by atoms with Crippen LogP contribution in [0.1, 0.15) is 36.8 Å². The molecule has 0 saturated heterocycles. The summed E-state index contributed by atoms with van der Waals surface area (Å²) in [6, 6.07) is 74.9. The maximum Gasteiger partial charge on any atom is 0.0702 e. The monoisotopic (exact) mass is 844 g/mol. The molecule has 0 N–H and O–H groups in total. The van der Waals surface area contributed by atoms with Crippen LogP contribution in [0.3, 0.4) is 0 Å². The SMILES string of the molecule is CC1c2cc3c4cc(-c5ccc(-c6ccccc6)cn5)ccc4n(-c4ccccc4)c3cc2-c2cc3c(cc2C1C)c1cc(-c2ccc(-c4ccccc4)cn2)ccc1n3-c1ccccc1. The highest BCUT2D eigenvalue weighted by atomic mass is 15.0. The summed E-state index contributed by atoms with van der Waals surface area (Å²) < 4.78 is 4.90. The molecule has 2 unspecified atom stereocenters. The quantitative estimate of drug-likeness (QED) is 0.167. The molecule has 4 heterocycles. The predicted octanol–water partition coefficient (Wildman–Crippen LogP) is 16.2. The minimum atomic E-state index is 0.296. The molecule has 0 amide bonds. The number of nitrogens with zero attached hydrogens (tertiary/aromatic N) is 4. The van der Waals surface area contributed by atoms with Crippen LogP contribution in [0.15, 0.2) is 219 Å². The minimum absolute atomic E-state index is 0.296. The molecule has 312 valence electrons. The van der Waals surface area contributed by atoms with E-state index in [9.17, 15) is 0 Å². The molecule has 12 aromatic rings. The average Bonchev–Trinajstić information content (AvgIpc) is 3.89. The van der Waals surface area contributed by atoms with Crippen LogP contribution < -0.4 is 0 Å². The Morgan fingerprint density at radius 1 is 0.318 bits per heavy atom. The number of aromatic nitrogens is 4. The van der Waals surface area contributed by atoms with Crippen molar-refractivity contribution < 1.29 is 0 Å². The van der Waals surface area contributed by atoms with Gasteiger partial charge in [0.2, 0.25) is 0 Å². The Morgan fingerprint density at radius 3 is 1.06 bits per heavy atom. The molecule has 8 aromatic carbocycles. The van der Waals surface area contributed by atoms with Gasteiger partial charge >= 0.3 is 0 Å². The zero-order chi connectivity index (χ0) is 43.9. The second-order valence-electron chi connectivity index (χ2n) is 17.9. The van der Waals surface area contributed by atoms with Crippen molar-refractivity contribution in [2.75, 3.05) is 0 Å². The third-order valence-electron chi connectivity index (χ3n) is 14.3. The molecule has 4 aromatic heterocycles. The van der Waals surface area contributed by atoms with Gasteiger partial charge in [-0.3, -0.25) is 9.97 Å². The molecule has 13 rings (SSSR count). The third-order valence-corrected chi connectivity index (χ3v) is 14.3. The summed E-state index contributed by atoms with van der Waals surface area (Å²) in [7, 11) is 0. The first-order chi connectivity index (χ1) is 32.6. The lowest BCUT2D eigenvalue weighted by atomic mass is 9.72. The van der Waals surface area contributed by atoms with Crippen molar-refractivity contribution in [2.24, 2.45) is 0 Å². The molecule has 0 bridgehead atoms. The van der Waals surface area contributed by atoms with E-state index in [4.69, 9.17) is 9.97 Å². The van der Waals surface area contributed by atoms with Crippen molar-refractivity contribution in [1.82, 2.24) is 19.1 Å². The Morgan fingerprint density at radius 2 is 0.682 bits per heavy atom. The second kappa shape index (κ2) is 15.1. The summed E-state index contributed by atoms with van der Waals surface area (Å²) in [6.07, 6.45) is 3.99. The first-order valence-corrected chi connectivity index (χ1v) is 22.9. The molecule has 0 aliphatic heterocycles. The van der Waals surface area contributed by atoms with E-state index in [1.165, 1.54) is 77.0 Å². The first-order valence-electron chi connectivity index (χ1n) is 22.9. The van der Waals surface area contributed by atoms with Crippen molar-refractivity contribution in [2.45, 2.75) is 25.7 Å². The number of fused-ring (bicyclic) bond motifs is 9. The maximum atomic E-state index is 4.99. The molecule has 4 heteroatoms. The largest absolute Gasteiger partial charge is 0.309 e. The molecule has 2 atom stereocenters. The fraction of sp³-hybridized carbons (Fsp3) is 0.0645. The summed E-state index contributed by atoms with van der Waals surface area (Å²) in [5.41, 5.74) is 21.2. The van der Waals surface area contributed by atoms with Crippen molar-refractivity contribution in [3.05, 3.63) is 230 Å². The van der Waals surface area contributed by atoms with Crippen LogP contribution in [-0.4, -0.2) is 19.1 Å². The molecule has 0 saturated carbocycles. The lowest BCUT2D eigenvalue weighted by Gasteiger charge is -2.32. The minimum Gasteiger partial charge on any atom is -0.309 e. The van der Waals surface area contributed by atoms with Gasteiger partial charge < -0.3 is 9.13 Å². The van der Waals surface area contributed by atoms with Crippen LogP contribution in [0.2, 0.25) is 0 Å². The fourth-order valence-electron chi connectivity index (χ4n) is 10.7. The van der Waals surface area contributed by atoms with E-state index in [1.807, 2.05) is 12.4 Å². The Bertz CT molecular complexity index is 3540. The Balaban J connectivity index is 1.00. The number of para-hydroxylation sites is 2. The number of hydrogen-bond acceptors (Lipinski definition) is 2. The van der Waals surface area contributed by atoms with Crippen molar-refractivity contribution in [1.29, 1.82) is 0 Å². The summed E-state index contributed by atoms with van der Waals surface area (Å²) >= 11 is 0. The molecule has 0 radical (unpaired) electrons. The third kappa shape index (κ3) is 6.06. The lowest BCUT2D eigenvalue weighted by molar-refractivity contribution is 0.617. The van der Waals surface area contributed by atoms with Crippen LogP contribution >= 0.6 is 0 Å². The van der Waals surface area contributed by atoms with Crippen molar-refractivity contribution in [3.63, 3.8) is 0 Å². The first kappa shape index (κ1) is 38.1. The van der Waals surface area contributed by atoms with Gasteiger partial charge in [0.25, 0.3) is 0 Å². The molecule has 4 nitrogen and oxygen atoms in total. The normalized spacial score (nSPS) is 14.5. The smallest absolute Gasteiger partial charge is 0.0702 e. The maximum absolute atomic E-state index is 4.99. The summed E-state index contributed by atoms with van der Waals surface area (Å²) in [5, 5.41) is 4.98. The molecule has 1 aliphatic carbocycles. The van der Waals surface area contributed by atoms with E-state index < -0.39 is 0 Å². The van der Waals surface area contributed by atoms with Crippen LogP contribution in [0.4, 0.5) is 0 Å². The highest BCUT2D eigenvalue weighted by molar-refractivity contribution is 6.14. The van der Waals surface area contributed by atoms with E-state index in [2.05, 4.69) is 229 Å². The van der Waals surface area contributed by atoms with Crippen molar-refractivity contribution >= 4 is 43.6 Å². The second-order valence-corrected chi connectivity index (χ2v) is 17.9. The standard InChI is InChI=1S/C62H44N4/c1-39-40(2)50-34-56-54-32-44(58-28-24-46(38-64-58)42-17-9-4-10-18-42)26-30-60(54)66(48-21-13-6-14-22-48)62(56)36-52(50)51-35-61-55(33-49(39)51)53-31-43(25-29-59(53)65(61)47-19-11-5-12-20-47)57-27-23-45(37-63-57)41-15-7-3-8-16-41/h3-40H,1-2H3. The van der Waals surface area contributed by atoms with Gasteiger partial charge in [0.05, 0.1) is 33.5 Å². The zero-order valence-corrected chi connectivity index (χ0v) is 36.7. The highest BCUT2D eigenvalue weighted by Gasteiger charge is 2.31. The van der Waals surface area contributed by atoms with Crippen LogP contribution in [0.5, 0.6) is 0 Å². The number of benzene rings is 8. The average molecular weight is 845 g/mol. The molecular formula is C62H44N4. The summed E-state index contributed by atoms with van der Waals surface area (Å²) in [4.78, 5) is 9.97. The van der Waals surface area contributed by atoms with Gasteiger partial charge in [-0.15, -0.1) is 0 Å². The Kier molecular flexibility index (Phi) is 8.75. The number of rotatable bonds is 6. The van der Waals surface area contributed by atoms with E-state index >= 15 is 0 Å². The van der Waals surface area contributed by atoms with E-state index in [1.54, 1.807) is 0 Å². The van der Waals surface area contributed by atoms with E-state index in [0.717, 1.165) is 45.0 Å². The Hall–Kier alpha value is -8.34. The summed E-state index contributed by atoms with van der Waals surface area (Å²) in [5.74, 6) is 0.593. The molecule has 0 fully saturated rings. The molecule has 1 aliphatic rings.